The smallest absolute Gasteiger partial charge is 0.373 e. The fourth-order valence-corrected chi connectivity index (χ4v) is 3.05. The lowest BCUT2D eigenvalue weighted by molar-refractivity contribution is -0.301. The van der Waals surface area contributed by atoms with Gasteiger partial charge in [0.25, 0.3) is 0 Å². The minimum absolute atomic E-state index is 0.0137. The van der Waals surface area contributed by atoms with E-state index in [1.165, 1.54) is 7.11 Å². The Morgan fingerprint density at radius 1 is 1.15 bits per heavy atom. The summed E-state index contributed by atoms with van der Waals surface area (Å²) < 4.78 is 4.75. The third-order valence-electron chi connectivity index (χ3n) is 4.40. The minimum atomic E-state index is -0.635. The van der Waals surface area contributed by atoms with E-state index in [0.717, 1.165) is 18.4 Å². The van der Waals surface area contributed by atoms with Crippen molar-refractivity contribution in [2.24, 2.45) is 11.8 Å². The highest BCUT2D eigenvalue weighted by molar-refractivity contribution is 6.00. The topological polar surface area (TPSA) is 78.9 Å². The van der Waals surface area contributed by atoms with Crippen LogP contribution in [-0.4, -0.2) is 30.4 Å². The summed E-state index contributed by atoms with van der Waals surface area (Å²) in [5, 5.41) is 0. The molecule has 6 heteroatoms. The number of hydrogen-bond acceptors (Lipinski definition) is 6. The molecule has 0 N–H and O–H groups in total. The number of ketones is 1. The highest BCUT2D eigenvalue weighted by atomic mass is 17.2. The van der Waals surface area contributed by atoms with Gasteiger partial charge in [0.2, 0.25) is 0 Å². The van der Waals surface area contributed by atoms with Crippen molar-refractivity contribution in [3.05, 3.63) is 35.4 Å². The normalized spacial score (nSPS) is 20.1. The van der Waals surface area contributed by atoms with Gasteiger partial charge in [-0.1, -0.05) is 12.1 Å². The Labute approximate surface area is 153 Å². The fraction of sp³-hybridized carbons (Fsp3) is 0.550. The van der Waals surface area contributed by atoms with Crippen LogP contribution in [0.2, 0.25) is 0 Å². The number of benzene rings is 1. The average Bonchev–Trinajstić information content (AvgIpc) is 2.97. The fourth-order valence-electron chi connectivity index (χ4n) is 3.05. The Morgan fingerprint density at radius 2 is 1.81 bits per heavy atom. The molecule has 0 aliphatic heterocycles. The molecule has 1 fully saturated rings. The van der Waals surface area contributed by atoms with Gasteiger partial charge < -0.3 is 4.74 Å². The lowest BCUT2D eigenvalue weighted by Gasteiger charge is -2.17. The van der Waals surface area contributed by atoms with E-state index in [2.05, 4.69) is 0 Å². The van der Waals surface area contributed by atoms with Crippen LogP contribution in [0.5, 0.6) is 0 Å². The number of carbonyl (C=O) groups excluding carboxylic acids is 3. The van der Waals surface area contributed by atoms with Crippen molar-refractivity contribution in [1.82, 2.24) is 0 Å². The van der Waals surface area contributed by atoms with Gasteiger partial charge in [0.15, 0.2) is 0 Å². The van der Waals surface area contributed by atoms with Crippen LogP contribution in [0.1, 0.15) is 56.0 Å². The number of aryl methyl sites for hydroxylation is 1. The van der Waals surface area contributed by atoms with E-state index < -0.39 is 23.5 Å². The van der Waals surface area contributed by atoms with Crippen molar-refractivity contribution < 1.29 is 28.9 Å². The van der Waals surface area contributed by atoms with Gasteiger partial charge in [-0.15, -0.1) is 0 Å². The molecule has 0 amide bonds. The summed E-state index contributed by atoms with van der Waals surface area (Å²) in [7, 11) is 1.31. The SMILES string of the molecule is COC(=O)C1C(=O)CCC1CCc1ccc(C(=O)OOC(C)(C)C)cc1. The van der Waals surface area contributed by atoms with Gasteiger partial charge in [-0.05, 0) is 63.6 Å². The molecule has 1 aliphatic rings. The van der Waals surface area contributed by atoms with E-state index in [1.54, 1.807) is 32.9 Å². The predicted molar refractivity (Wildman–Crippen MR) is 94.3 cm³/mol. The van der Waals surface area contributed by atoms with Crippen LogP contribution in [0, 0.1) is 11.8 Å². The van der Waals surface area contributed by atoms with Gasteiger partial charge in [-0.25, -0.2) is 4.79 Å². The molecular weight excluding hydrogens is 336 g/mol. The number of hydrogen-bond donors (Lipinski definition) is 0. The second-order valence-electron chi connectivity index (χ2n) is 7.57. The lowest BCUT2D eigenvalue weighted by Crippen LogP contribution is -2.26. The second kappa shape index (κ2) is 8.45. The first-order valence-electron chi connectivity index (χ1n) is 8.81. The standard InChI is InChI=1S/C20H26O6/c1-20(2,3)26-25-18(22)15-9-6-13(7-10-15)5-8-14-11-12-16(21)17(14)19(23)24-4/h6-7,9-10,14,17H,5,8,11-12H2,1-4H3. The number of Topliss-reactive ketones (excluding diaryl/α,β-unsaturated/α-hetero) is 1. The number of rotatable bonds is 6. The summed E-state index contributed by atoms with van der Waals surface area (Å²) in [4.78, 5) is 45.4. The molecule has 1 saturated carbocycles. The first-order valence-corrected chi connectivity index (χ1v) is 8.81. The molecule has 0 heterocycles. The van der Waals surface area contributed by atoms with E-state index in [1.807, 2.05) is 12.1 Å². The Hall–Kier alpha value is -2.21. The van der Waals surface area contributed by atoms with Gasteiger partial charge in [0, 0.05) is 6.42 Å². The maximum Gasteiger partial charge on any atom is 0.373 e. The summed E-state index contributed by atoms with van der Waals surface area (Å²) >= 11 is 0. The van der Waals surface area contributed by atoms with Crippen LogP contribution < -0.4 is 0 Å². The average molecular weight is 362 g/mol. The summed E-state index contributed by atoms with van der Waals surface area (Å²) in [6.45, 7) is 5.37. The maximum atomic E-state index is 11.9. The molecule has 2 unspecified atom stereocenters. The Balaban J connectivity index is 1.90. The van der Waals surface area contributed by atoms with Crippen LogP contribution in [0.15, 0.2) is 24.3 Å². The Morgan fingerprint density at radius 3 is 2.38 bits per heavy atom. The highest BCUT2D eigenvalue weighted by Gasteiger charge is 2.40. The molecule has 0 radical (unpaired) electrons. The summed E-state index contributed by atoms with van der Waals surface area (Å²) in [6.07, 6.45) is 2.60. The molecule has 6 nitrogen and oxygen atoms in total. The third-order valence-corrected chi connectivity index (χ3v) is 4.40. The first kappa shape index (κ1) is 20.1. The maximum absolute atomic E-state index is 11.9. The van der Waals surface area contributed by atoms with Crippen molar-refractivity contribution in [3.63, 3.8) is 0 Å². The molecule has 0 aromatic heterocycles. The first-order chi connectivity index (χ1) is 12.2. The summed E-state index contributed by atoms with van der Waals surface area (Å²) in [6, 6.07) is 7.05. The molecule has 2 rings (SSSR count). The van der Waals surface area contributed by atoms with Crippen molar-refractivity contribution in [2.45, 2.75) is 52.1 Å². The van der Waals surface area contributed by atoms with Crippen molar-refractivity contribution in [3.8, 4) is 0 Å². The van der Waals surface area contributed by atoms with Crippen LogP contribution >= 0.6 is 0 Å². The van der Waals surface area contributed by atoms with Gasteiger partial charge >= 0.3 is 11.9 Å². The minimum Gasteiger partial charge on any atom is -0.468 e. The third kappa shape index (κ3) is 5.39. The summed E-state index contributed by atoms with van der Waals surface area (Å²) in [5.41, 5.74) is 0.868. The van der Waals surface area contributed by atoms with Gasteiger partial charge in [0.05, 0.1) is 12.7 Å². The Bertz CT molecular complexity index is 656. The van der Waals surface area contributed by atoms with E-state index >= 15 is 0 Å². The number of carbonyl (C=O) groups is 3. The van der Waals surface area contributed by atoms with E-state index in [4.69, 9.17) is 14.5 Å². The molecular formula is C20H26O6. The lowest BCUT2D eigenvalue weighted by atomic mass is 9.89. The number of esters is 1. The highest BCUT2D eigenvalue weighted by Crippen LogP contribution is 2.33. The zero-order valence-electron chi connectivity index (χ0n) is 15.7. The zero-order chi connectivity index (χ0) is 19.3. The van der Waals surface area contributed by atoms with Crippen LogP contribution in [-0.2, 0) is 30.5 Å². The zero-order valence-corrected chi connectivity index (χ0v) is 15.7. The Kier molecular flexibility index (Phi) is 6.53. The van der Waals surface area contributed by atoms with Gasteiger partial charge in [-0.2, -0.15) is 4.89 Å². The summed E-state index contributed by atoms with van der Waals surface area (Å²) in [5.74, 6) is -1.63. The monoisotopic (exact) mass is 362 g/mol. The van der Waals surface area contributed by atoms with Crippen molar-refractivity contribution in [1.29, 1.82) is 0 Å². The number of methoxy groups -OCH3 is 1. The molecule has 1 aromatic rings. The predicted octanol–water partition coefficient (Wildman–Crippen LogP) is 3.27. The van der Waals surface area contributed by atoms with Gasteiger partial charge in [-0.3, -0.25) is 14.5 Å². The number of ether oxygens (including phenoxy) is 1. The quantitative estimate of drug-likeness (QED) is 0.334. The van der Waals surface area contributed by atoms with Crippen LogP contribution in [0.3, 0.4) is 0 Å². The van der Waals surface area contributed by atoms with Crippen molar-refractivity contribution >= 4 is 17.7 Å². The molecule has 0 spiro atoms. The van der Waals surface area contributed by atoms with Gasteiger partial charge in [0.1, 0.15) is 17.3 Å². The van der Waals surface area contributed by atoms with Crippen LogP contribution in [0.25, 0.3) is 0 Å². The molecule has 142 valence electrons. The van der Waals surface area contributed by atoms with E-state index in [9.17, 15) is 14.4 Å². The molecule has 1 aromatic carbocycles. The van der Waals surface area contributed by atoms with E-state index in [-0.39, 0.29) is 11.7 Å². The molecule has 1 aliphatic carbocycles. The van der Waals surface area contributed by atoms with Crippen molar-refractivity contribution in [2.75, 3.05) is 7.11 Å². The molecule has 0 saturated heterocycles. The van der Waals surface area contributed by atoms with E-state index in [0.29, 0.717) is 18.4 Å². The van der Waals surface area contributed by atoms with Crippen LogP contribution in [0.4, 0.5) is 0 Å². The molecule has 26 heavy (non-hydrogen) atoms. The molecule has 2 atom stereocenters. The largest absolute Gasteiger partial charge is 0.468 e. The molecule has 0 bridgehead atoms. The second-order valence-corrected chi connectivity index (χ2v) is 7.57.